The zero-order valence-electron chi connectivity index (χ0n) is 19.2. The molecule has 0 radical (unpaired) electrons. The normalized spacial score (nSPS) is 10.9. The predicted octanol–water partition coefficient (Wildman–Crippen LogP) is 4.33. The van der Waals surface area contributed by atoms with E-state index in [9.17, 15) is 9.59 Å². The van der Waals surface area contributed by atoms with Gasteiger partial charge in [-0.3, -0.25) is 9.59 Å². The van der Waals surface area contributed by atoms with Crippen molar-refractivity contribution in [3.05, 3.63) is 70.5 Å². The summed E-state index contributed by atoms with van der Waals surface area (Å²) in [5, 5.41) is 15.2. The molecule has 0 unspecified atom stereocenters. The summed E-state index contributed by atoms with van der Waals surface area (Å²) in [7, 11) is 1.56. The van der Waals surface area contributed by atoms with Gasteiger partial charge in [-0.15, -0.1) is 10.2 Å². The van der Waals surface area contributed by atoms with E-state index in [1.165, 1.54) is 17.8 Å². The van der Waals surface area contributed by atoms with E-state index < -0.39 is 0 Å². The maximum absolute atomic E-state index is 12.5. The largest absolute Gasteiger partial charge is 0.495 e. The number of rotatable bonds is 10. The average molecular weight is 500 g/mol. The number of amides is 2. The minimum Gasteiger partial charge on any atom is -0.495 e. The molecule has 34 heavy (non-hydrogen) atoms. The molecule has 8 nitrogen and oxygen atoms in total. The van der Waals surface area contributed by atoms with Crippen molar-refractivity contribution in [3.63, 3.8) is 0 Å². The number of halogens is 1. The van der Waals surface area contributed by atoms with Gasteiger partial charge in [-0.2, -0.15) is 0 Å². The number of aryl methyl sites for hydroxylation is 1. The Labute approximate surface area is 207 Å². The van der Waals surface area contributed by atoms with Gasteiger partial charge in [-0.25, -0.2) is 0 Å². The number of carbonyl (C=O) groups is 2. The highest BCUT2D eigenvalue weighted by Crippen LogP contribution is 2.26. The summed E-state index contributed by atoms with van der Waals surface area (Å²) in [6.45, 7) is 4.71. The molecule has 10 heteroatoms. The van der Waals surface area contributed by atoms with Crippen molar-refractivity contribution in [2.45, 2.75) is 32.1 Å². The summed E-state index contributed by atoms with van der Waals surface area (Å²) in [6, 6.07) is 12.9. The molecule has 0 aliphatic carbocycles. The summed E-state index contributed by atoms with van der Waals surface area (Å²) in [5.41, 5.74) is 2.40. The molecule has 1 heterocycles. The molecule has 0 saturated heterocycles. The molecule has 2 N–H and O–H groups in total. The molecule has 0 aliphatic heterocycles. The second kappa shape index (κ2) is 12.2. The van der Waals surface area contributed by atoms with Crippen LogP contribution in [-0.2, 0) is 22.7 Å². The lowest BCUT2D eigenvalue weighted by atomic mass is 10.2. The number of methoxy groups -OCH3 is 1. The molecule has 2 amide bonds. The van der Waals surface area contributed by atoms with E-state index in [2.05, 4.69) is 20.8 Å². The quantitative estimate of drug-likeness (QED) is 0.318. The fourth-order valence-corrected chi connectivity index (χ4v) is 4.13. The van der Waals surface area contributed by atoms with E-state index in [4.69, 9.17) is 16.3 Å². The van der Waals surface area contributed by atoms with E-state index in [1.54, 1.807) is 19.3 Å². The van der Waals surface area contributed by atoms with Crippen LogP contribution in [0, 0.1) is 6.92 Å². The third kappa shape index (κ3) is 6.85. The number of thioether (sulfide) groups is 1. The first kappa shape index (κ1) is 25.3. The molecule has 0 bridgehead atoms. The number of hydrogen-bond donors (Lipinski definition) is 2. The molecule has 0 fully saturated rings. The van der Waals surface area contributed by atoms with Crippen molar-refractivity contribution >= 4 is 46.9 Å². The number of benzene rings is 2. The van der Waals surface area contributed by atoms with E-state index in [1.807, 2.05) is 54.8 Å². The Kier molecular flexibility index (Phi) is 9.12. The molecule has 0 atom stereocenters. The fraction of sp³-hybridized carbons (Fsp3) is 0.250. The van der Waals surface area contributed by atoms with E-state index in [-0.39, 0.29) is 24.1 Å². The lowest BCUT2D eigenvalue weighted by Gasteiger charge is -2.11. The Balaban J connectivity index is 1.55. The van der Waals surface area contributed by atoms with Crippen LogP contribution in [0.5, 0.6) is 5.75 Å². The molecule has 0 saturated carbocycles. The molecule has 3 rings (SSSR count). The third-order valence-corrected chi connectivity index (χ3v) is 6.12. The van der Waals surface area contributed by atoms with E-state index in [0.29, 0.717) is 34.0 Å². The summed E-state index contributed by atoms with van der Waals surface area (Å²) >= 11 is 7.38. The summed E-state index contributed by atoms with van der Waals surface area (Å²) in [6.07, 6.45) is 3.08. The van der Waals surface area contributed by atoms with Crippen LogP contribution in [0.25, 0.3) is 6.08 Å². The van der Waals surface area contributed by atoms with Gasteiger partial charge < -0.3 is 19.9 Å². The molecule has 178 valence electrons. The first-order valence-corrected chi connectivity index (χ1v) is 12.0. The van der Waals surface area contributed by atoms with Gasteiger partial charge in [0.05, 0.1) is 25.1 Å². The molecular formula is C24H26ClN5O3S. The number of nitrogens with one attached hydrogen (secondary N) is 2. The van der Waals surface area contributed by atoms with Crippen molar-refractivity contribution < 1.29 is 14.3 Å². The smallest absolute Gasteiger partial charge is 0.244 e. The summed E-state index contributed by atoms with van der Waals surface area (Å²) in [4.78, 5) is 24.7. The second-order valence-electron chi connectivity index (χ2n) is 7.26. The highest BCUT2D eigenvalue weighted by Gasteiger charge is 2.15. The van der Waals surface area contributed by atoms with Crippen molar-refractivity contribution in [3.8, 4) is 5.75 Å². The zero-order valence-corrected chi connectivity index (χ0v) is 20.7. The van der Waals surface area contributed by atoms with Gasteiger partial charge >= 0.3 is 0 Å². The van der Waals surface area contributed by atoms with Crippen LogP contribution in [0.15, 0.2) is 53.7 Å². The monoisotopic (exact) mass is 499 g/mol. The molecule has 2 aromatic carbocycles. The van der Waals surface area contributed by atoms with Gasteiger partial charge in [0.15, 0.2) is 11.0 Å². The first-order valence-electron chi connectivity index (χ1n) is 10.6. The number of carbonyl (C=O) groups excluding carboxylic acids is 2. The number of ether oxygens (including phenoxy) is 1. The lowest BCUT2D eigenvalue weighted by Crippen LogP contribution is -2.22. The van der Waals surface area contributed by atoms with Gasteiger partial charge in [-0.1, -0.05) is 47.6 Å². The molecule has 1 aromatic heterocycles. The van der Waals surface area contributed by atoms with Crippen LogP contribution < -0.4 is 15.4 Å². The molecule has 0 aliphatic rings. The minimum atomic E-state index is -0.272. The Morgan fingerprint density at radius 2 is 2.00 bits per heavy atom. The summed E-state index contributed by atoms with van der Waals surface area (Å²) in [5.74, 6) is 0.903. The van der Waals surface area contributed by atoms with Crippen molar-refractivity contribution in [2.24, 2.45) is 0 Å². The summed E-state index contributed by atoms with van der Waals surface area (Å²) < 4.78 is 7.17. The average Bonchev–Trinajstić information content (AvgIpc) is 3.23. The van der Waals surface area contributed by atoms with Crippen LogP contribution >= 0.6 is 23.4 Å². The number of nitrogens with zero attached hydrogens (tertiary/aromatic N) is 3. The Morgan fingerprint density at radius 3 is 2.74 bits per heavy atom. The molecular weight excluding hydrogens is 474 g/mol. The van der Waals surface area contributed by atoms with Crippen molar-refractivity contribution in [1.82, 2.24) is 20.1 Å². The standard InChI is InChI=1S/C24H26ClN5O3S/c1-4-30-21(14-26-22(31)12-10-17-7-5-6-8-18(17)25)28-29-24(30)34-15-23(32)27-19-13-16(2)9-11-20(19)33-3/h5-13H,4,14-15H2,1-3H3,(H,26,31)(H,27,32)/b12-10+. The maximum atomic E-state index is 12.5. The predicted molar refractivity (Wildman–Crippen MR) is 135 cm³/mol. The topological polar surface area (TPSA) is 98.1 Å². The van der Waals surface area contributed by atoms with Crippen LogP contribution in [0.2, 0.25) is 5.02 Å². The number of aromatic nitrogens is 3. The molecule has 3 aromatic rings. The minimum absolute atomic E-state index is 0.155. The maximum Gasteiger partial charge on any atom is 0.244 e. The lowest BCUT2D eigenvalue weighted by molar-refractivity contribution is -0.116. The van der Waals surface area contributed by atoms with Crippen LogP contribution in [0.4, 0.5) is 5.69 Å². The second-order valence-corrected chi connectivity index (χ2v) is 8.61. The van der Waals surface area contributed by atoms with Gasteiger partial charge in [0.1, 0.15) is 5.75 Å². The Morgan fingerprint density at radius 1 is 1.21 bits per heavy atom. The highest BCUT2D eigenvalue weighted by atomic mass is 35.5. The van der Waals surface area contributed by atoms with E-state index >= 15 is 0 Å². The van der Waals surface area contributed by atoms with Gasteiger partial charge in [0.2, 0.25) is 11.8 Å². The highest BCUT2D eigenvalue weighted by molar-refractivity contribution is 7.99. The van der Waals surface area contributed by atoms with Crippen LogP contribution in [0.3, 0.4) is 0 Å². The van der Waals surface area contributed by atoms with Gasteiger partial charge in [-0.05, 0) is 49.2 Å². The first-order chi connectivity index (χ1) is 16.4. The zero-order chi connectivity index (χ0) is 24.5. The van der Waals surface area contributed by atoms with Crippen molar-refractivity contribution in [1.29, 1.82) is 0 Å². The molecule has 0 spiro atoms. The SMILES string of the molecule is CCn1c(CNC(=O)/C=C/c2ccccc2Cl)nnc1SCC(=O)Nc1cc(C)ccc1OC. The van der Waals surface area contributed by atoms with Gasteiger partial charge in [0.25, 0.3) is 0 Å². The number of anilines is 1. The van der Waals surface area contributed by atoms with Crippen LogP contribution in [0.1, 0.15) is 23.9 Å². The van der Waals surface area contributed by atoms with Crippen LogP contribution in [-0.4, -0.2) is 39.4 Å². The third-order valence-electron chi connectivity index (χ3n) is 4.81. The van der Waals surface area contributed by atoms with Gasteiger partial charge in [0, 0.05) is 17.6 Å². The fourth-order valence-electron chi connectivity index (χ4n) is 3.11. The van der Waals surface area contributed by atoms with E-state index in [0.717, 1.165) is 11.1 Å². The Hall–Kier alpha value is -3.30. The Bertz CT molecular complexity index is 1200. The van der Waals surface area contributed by atoms with Crippen molar-refractivity contribution in [2.75, 3.05) is 18.2 Å². The number of hydrogen-bond acceptors (Lipinski definition) is 6.